The van der Waals surface area contributed by atoms with Crippen molar-refractivity contribution in [2.75, 3.05) is 26.8 Å². The summed E-state index contributed by atoms with van der Waals surface area (Å²) < 4.78 is 10.6. The van der Waals surface area contributed by atoms with Gasteiger partial charge >= 0.3 is 5.97 Å². The fourth-order valence-corrected chi connectivity index (χ4v) is 2.50. The molecule has 0 unspecified atom stereocenters. The van der Waals surface area contributed by atoms with Gasteiger partial charge in [-0.2, -0.15) is 0 Å². The SMILES string of the molecule is COC(=O)[C@@H]1CCC2(CCNCC2)OC1.Cl. The minimum Gasteiger partial charge on any atom is -0.469 e. The molecule has 0 aliphatic carbocycles. The highest BCUT2D eigenvalue weighted by atomic mass is 35.5. The van der Waals surface area contributed by atoms with Crippen LogP contribution in [0.25, 0.3) is 0 Å². The summed E-state index contributed by atoms with van der Waals surface area (Å²) in [5.41, 5.74) is 0.0514. The van der Waals surface area contributed by atoms with Gasteiger partial charge in [-0.3, -0.25) is 4.79 Å². The first kappa shape index (κ1) is 13.7. The van der Waals surface area contributed by atoms with E-state index in [1.807, 2.05) is 0 Å². The Hall–Kier alpha value is -0.320. The number of hydrogen-bond acceptors (Lipinski definition) is 4. The molecule has 2 heterocycles. The lowest BCUT2D eigenvalue weighted by atomic mass is 9.82. The van der Waals surface area contributed by atoms with E-state index in [0.717, 1.165) is 38.8 Å². The summed E-state index contributed by atoms with van der Waals surface area (Å²) in [6.45, 7) is 2.60. The molecule has 1 spiro atoms. The standard InChI is InChI=1S/C11H19NO3.ClH/c1-14-10(13)9-2-3-11(15-8-9)4-6-12-7-5-11;/h9,12H,2-8H2,1H3;1H/t9-;/m1./s1. The average molecular weight is 250 g/mol. The van der Waals surface area contributed by atoms with Crippen molar-refractivity contribution in [2.45, 2.75) is 31.3 Å². The van der Waals surface area contributed by atoms with Gasteiger partial charge in [0.05, 0.1) is 25.2 Å². The van der Waals surface area contributed by atoms with Crippen molar-refractivity contribution in [1.82, 2.24) is 5.32 Å². The van der Waals surface area contributed by atoms with Crippen molar-refractivity contribution in [1.29, 1.82) is 0 Å². The molecule has 1 atom stereocenters. The van der Waals surface area contributed by atoms with Crippen LogP contribution in [0.3, 0.4) is 0 Å². The molecule has 2 aliphatic heterocycles. The average Bonchev–Trinajstić information content (AvgIpc) is 2.30. The molecule has 5 heteroatoms. The van der Waals surface area contributed by atoms with E-state index in [2.05, 4.69) is 5.32 Å². The van der Waals surface area contributed by atoms with Crippen LogP contribution < -0.4 is 5.32 Å². The third-order valence-corrected chi connectivity index (χ3v) is 3.59. The van der Waals surface area contributed by atoms with Crippen molar-refractivity contribution < 1.29 is 14.3 Å². The fourth-order valence-electron chi connectivity index (χ4n) is 2.50. The van der Waals surface area contributed by atoms with Gasteiger partial charge in [-0.05, 0) is 38.8 Å². The maximum absolute atomic E-state index is 11.3. The Balaban J connectivity index is 0.00000128. The van der Waals surface area contributed by atoms with Crippen LogP contribution in [0.2, 0.25) is 0 Å². The van der Waals surface area contributed by atoms with Crippen molar-refractivity contribution in [3.05, 3.63) is 0 Å². The van der Waals surface area contributed by atoms with Crippen molar-refractivity contribution in [2.24, 2.45) is 5.92 Å². The quantitative estimate of drug-likeness (QED) is 0.708. The van der Waals surface area contributed by atoms with E-state index < -0.39 is 0 Å². The maximum Gasteiger partial charge on any atom is 0.311 e. The number of esters is 1. The number of piperidine rings is 1. The Morgan fingerprint density at radius 3 is 2.56 bits per heavy atom. The van der Waals surface area contributed by atoms with Gasteiger partial charge in [0.25, 0.3) is 0 Å². The zero-order valence-electron chi connectivity index (χ0n) is 9.66. The maximum atomic E-state index is 11.3. The highest BCUT2D eigenvalue weighted by molar-refractivity contribution is 5.85. The predicted octanol–water partition coefficient (Wildman–Crippen LogP) is 1.13. The number of halogens is 1. The molecule has 2 fully saturated rings. The Morgan fingerprint density at radius 1 is 1.38 bits per heavy atom. The van der Waals surface area contributed by atoms with Crippen LogP contribution in [0.1, 0.15) is 25.7 Å². The monoisotopic (exact) mass is 249 g/mol. The summed E-state index contributed by atoms with van der Waals surface area (Å²) in [7, 11) is 1.44. The first-order valence-corrected chi connectivity index (χ1v) is 5.68. The fraction of sp³-hybridized carbons (Fsp3) is 0.909. The molecule has 4 nitrogen and oxygen atoms in total. The van der Waals surface area contributed by atoms with E-state index in [9.17, 15) is 4.79 Å². The molecule has 0 saturated carbocycles. The van der Waals surface area contributed by atoms with E-state index in [1.54, 1.807) is 0 Å². The number of ether oxygens (including phenoxy) is 2. The van der Waals surface area contributed by atoms with Crippen molar-refractivity contribution in [3.63, 3.8) is 0 Å². The smallest absolute Gasteiger partial charge is 0.311 e. The molecule has 16 heavy (non-hydrogen) atoms. The van der Waals surface area contributed by atoms with Gasteiger partial charge in [0, 0.05) is 0 Å². The van der Waals surface area contributed by atoms with Crippen molar-refractivity contribution >= 4 is 18.4 Å². The number of methoxy groups -OCH3 is 1. The number of hydrogen-bond donors (Lipinski definition) is 1. The van der Waals surface area contributed by atoms with E-state index in [-0.39, 0.29) is 29.9 Å². The van der Waals surface area contributed by atoms with Crippen LogP contribution in [-0.4, -0.2) is 38.4 Å². The second-order valence-corrected chi connectivity index (χ2v) is 4.50. The molecule has 2 saturated heterocycles. The van der Waals surface area contributed by atoms with Crippen molar-refractivity contribution in [3.8, 4) is 0 Å². The molecule has 0 aromatic heterocycles. The summed E-state index contributed by atoms with van der Waals surface area (Å²) in [6.07, 6.45) is 4.04. The molecule has 1 N–H and O–H groups in total. The molecule has 0 aromatic rings. The Bertz CT molecular complexity index is 231. The lowest BCUT2D eigenvalue weighted by molar-refractivity contribution is -0.162. The largest absolute Gasteiger partial charge is 0.469 e. The van der Waals surface area contributed by atoms with Gasteiger partial charge in [-0.25, -0.2) is 0 Å². The summed E-state index contributed by atoms with van der Waals surface area (Å²) in [5, 5.41) is 3.33. The highest BCUT2D eigenvalue weighted by Gasteiger charge is 2.39. The summed E-state index contributed by atoms with van der Waals surface area (Å²) >= 11 is 0. The van der Waals surface area contributed by atoms with Gasteiger partial charge < -0.3 is 14.8 Å². The van der Waals surface area contributed by atoms with Gasteiger partial charge in [0.15, 0.2) is 0 Å². The number of nitrogens with one attached hydrogen (secondary N) is 1. The minimum atomic E-state index is -0.126. The molecule has 0 bridgehead atoms. The molecule has 0 radical (unpaired) electrons. The summed E-state index contributed by atoms with van der Waals surface area (Å²) in [4.78, 5) is 11.3. The van der Waals surface area contributed by atoms with Crippen LogP contribution in [0, 0.1) is 5.92 Å². The molecular weight excluding hydrogens is 230 g/mol. The summed E-state index contributed by atoms with van der Waals surface area (Å²) in [5.74, 6) is -0.172. The van der Waals surface area contributed by atoms with E-state index in [1.165, 1.54) is 7.11 Å². The Morgan fingerprint density at radius 2 is 2.06 bits per heavy atom. The first-order chi connectivity index (χ1) is 7.26. The molecule has 94 valence electrons. The zero-order chi connectivity index (χ0) is 10.7. The molecule has 0 aromatic carbocycles. The van der Waals surface area contributed by atoms with Crippen LogP contribution in [0.4, 0.5) is 0 Å². The number of rotatable bonds is 1. The zero-order valence-corrected chi connectivity index (χ0v) is 10.5. The van der Waals surface area contributed by atoms with Crippen LogP contribution >= 0.6 is 12.4 Å². The predicted molar refractivity (Wildman–Crippen MR) is 62.8 cm³/mol. The third-order valence-electron chi connectivity index (χ3n) is 3.59. The normalized spacial score (nSPS) is 28.2. The number of carbonyl (C=O) groups excluding carboxylic acids is 1. The van der Waals surface area contributed by atoms with E-state index in [0.29, 0.717) is 6.61 Å². The van der Waals surface area contributed by atoms with Crippen LogP contribution in [0.15, 0.2) is 0 Å². The second kappa shape index (κ2) is 5.84. The van der Waals surface area contributed by atoms with E-state index in [4.69, 9.17) is 9.47 Å². The summed E-state index contributed by atoms with van der Waals surface area (Å²) in [6, 6.07) is 0. The minimum absolute atomic E-state index is 0. The molecule has 0 amide bonds. The third kappa shape index (κ3) is 2.87. The van der Waals surface area contributed by atoms with Gasteiger partial charge in [-0.1, -0.05) is 0 Å². The topological polar surface area (TPSA) is 47.6 Å². The number of carbonyl (C=O) groups is 1. The molecule has 2 rings (SSSR count). The van der Waals surface area contributed by atoms with Gasteiger partial charge in [0.1, 0.15) is 0 Å². The van der Waals surface area contributed by atoms with Gasteiger partial charge in [-0.15, -0.1) is 12.4 Å². The lowest BCUT2D eigenvalue weighted by Crippen LogP contribution is -2.48. The Kier molecular flexibility index (Phi) is 5.02. The van der Waals surface area contributed by atoms with Crippen LogP contribution in [-0.2, 0) is 14.3 Å². The highest BCUT2D eigenvalue weighted by Crippen LogP contribution is 2.35. The Labute approximate surface area is 102 Å². The van der Waals surface area contributed by atoms with E-state index >= 15 is 0 Å². The lowest BCUT2D eigenvalue weighted by Gasteiger charge is -2.42. The second-order valence-electron chi connectivity index (χ2n) is 4.50. The van der Waals surface area contributed by atoms with Gasteiger partial charge in [0.2, 0.25) is 0 Å². The molecule has 2 aliphatic rings. The van der Waals surface area contributed by atoms with Crippen LogP contribution in [0.5, 0.6) is 0 Å². The molecular formula is C11H20ClNO3. The first-order valence-electron chi connectivity index (χ1n) is 5.68.